The van der Waals surface area contributed by atoms with Crippen molar-refractivity contribution in [1.29, 1.82) is 0 Å². The molecule has 0 bridgehead atoms. The molecule has 1 aromatic carbocycles. The van der Waals surface area contributed by atoms with Gasteiger partial charge < -0.3 is 20.7 Å². The fourth-order valence-corrected chi connectivity index (χ4v) is 3.10. The fraction of sp³-hybridized carbons (Fsp3) is 0.619. The van der Waals surface area contributed by atoms with E-state index in [0.29, 0.717) is 19.0 Å². The number of amides is 1. The third-order valence-electron chi connectivity index (χ3n) is 4.69. The van der Waals surface area contributed by atoms with E-state index in [1.54, 1.807) is 0 Å². The Bertz CT molecular complexity index is 635. The molecule has 3 N–H and O–H groups in total. The van der Waals surface area contributed by atoms with Gasteiger partial charge in [0.05, 0.1) is 19.8 Å². The second-order valence-electron chi connectivity index (χ2n) is 7.07. The summed E-state index contributed by atoms with van der Waals surface area (Å²) < 4.78 is 5.42. The Labute approximate surface area is 192 Å². The van der Waals surface area contributed by atoms with Crippen molar-refractivity contribution < 1.29 is 9.53 Å². The van der Waals surface area contributed by atoms with Gasteiger partial charge >= 0.3 is 0 Å². The molecule has 0 saturated carbocycles. The SMILES string of the molecule is CCCC(=O)Nc1cccc(CN=C(NCC)NCC(C)N2CCOCC2)c1.I. The van der Waals surface area contributed by atoms with E-state index in [1.807, 2.05) is 31.2 Å². The zero-order valence-corrected chi connectivity index (χ0v) is 20.2. The van der Waals surface area contributed by atoms with Crippen molar-refractivity contribution in [2.24, 2.45) is 4.99 Å². The molecule has 8 heteroatoms. The van der Waals surface area contributed by atoms with Gasteiger partial charge in [-0.25, -0.2) is 4.99 Å². The maximum atomic E-state index is 11.8. The molecule has 1 aliphatic rings. The topological polar surface area (TPSA) is 78.0 Å². The molecule has 0 spiro atoms. The van der Waals surface area contributed by atoms with Gasteiger partial charge in [0, 0.05) is 44.3 Å². The van der Waals surface area contributed by atoms with E-state index in [2.05, 4.69) is 34.7 Å². The van der Waals surface area contributed by atoms with E-state index in [4.69, 9.17) is 9.73 Å². The van der Waals surface area contributed by atoms with Crippen LogP contribution < -0.4 is 16.0 Å². The minimum absolute atomic E-state index is 0. The first-order valence-corrected chi connectivity index (χ1v) is 10.3. The number of morpholine rings is 1. The molecule has 7 nitrogen and oxygen atoms in total. The summed E-state index contributed by atoms with van der Waals surface area (Å²) in [6, 6.07) is 8.29. The highest BCUT2D eigenvalue weighted by atomic mass is 127. The molecule has 1 amide bonds. The van der Waals surface area contributed by atoms with Crippen LogP contribution in [0.5, 0.6) is 0 Å². The van der Waals surface area contributed by atoms with Crippen LogP contribution in [-0.2, 0) is 16.1 Å². The van der Waals surface area contributed by atoms with Crippen LogP contribution in [-0.4, -0.2) is 62.2 Å². The third-order valence-corrected chi connectivity index (χ3v) is 4.69. The molecule has 1 unspecified atom stereocenters. The Morgan fingerprint density at radius 1 is 1.24 bits per heavy atom. The lowest BCUT2D eigenvalue weighted by molar-refractivity contribution is -0.116. The number of hydrogen-bond donors (Lipinski definition) is 3. The summed E-state index contributed by atoms with van der Waals surface area (Å²) in [5, 5.41) is 9.68. The quantitative estimate of drug-likeness (QED) is 0.267. The van der Waals surface area contributed by atoms with Crippen molar-refractivity contribution >= 4 is 41.5 Å². The van der Waals surface area contributed by atoms with E-state index in [-0.39, 0.29) is 29.9 Å². The molecule has 0 aromatic heterocycles. The van der Waals surface area contributed by atoms with Gasteiger partial charge in [0.25, 0.3) is 0 Å². The molecular weight excluding hydrogens is 481 g/mol. The lowest BCUT2D eigenvalue weighted by atomic mass is 10.2. The zero-order chi connectivity index (χ0) is 20.2. The third kappa shape index (κ3) is 9.77. The minimum atomic E-state index is 0. The van der Waals surface area contributed by atoms with Gasteiger partial charge in [-0.3, -0.25) is 9.69 Å². The van der Waals surface area contributed by atoms with Gasteiger partial charge in [0.2, 0.25) is 5.91 Å². The molecule has 1 saturated heterocycles. The summed E-state index contributed by atoms with van der Waals surface area (Å²) in [7, 11) is 0. The van der Waals surface area contributed by atoms with Crippen LogP contribution in [0.15, 0.2) is 29.3 Å². The van der Waals surface area contributed by atoms with Gasteiger partial charge in [-0.2, -0.15) is 0 Å². The Hall–Kier alpha value is -1.39. The molecule has 2 rings (SSSR count). The maximum absolute atomic E-state index is 11.8. The summed E-state index contributed by atoms with van der Waals surface area (Å²) in [5.74, 6) is 0.860. The Balaban J connectivity index is 0.00000420. The van der Waals surface area contributed by atoms with Crippen molar-refractivity contribution in [2.75, 3.05) is 44.7 Å². The maximum Gasteiger partial charge on any atom is 0.224 e. The van der Waals surface area contributed by atoms with Gasteiger partial charge in [-0.15, -0.1) is 24.0 Å². The number of carbonyl (C=O) groups is 1. The number of halogens is 1. The standard InChI is InChI=1S/C21H35N5O2.HI/c1-4-7-20(27)25-19-9-6-8-18(14-19)16-24-21(22-5-2)23-15-17(3)26-10-12-28-13-11-26;/h6,8-9,14,17H,4-5,7,10-13,15-16H2,1-3H3,(H,25,27)(H2,22,23,24);1H. The summed E-state index contributed by atoms with van der Waals surface area (Å²) in [6.07, 6.45) is 1.38. The molecule has 1 aromatic rings. The van der Waals surface area contributed by atoms with E-state index < -0.39 is 0 Å². The minimum Gasteiger partial charge on any atom is -0.379 e. The van der Waals surface area contributed by atoms with E-state index >= 15 is 0 Å². The molecule has 164 valence electrons. The second-order valence-corrected chi connectivity index (χ2v) is 7.07. The van der Waals surface area contributed by atoms with E-state index in [0.717, 1.165) is 63.0 Å². The molecule has 1 atom stereocenters. The van der Waals surface area contributed by atoms with E-state index in [9.17, 15) is 4.79 Å². The van der Waals surface area contributed by atoms with Crippen LogP contribution in [0.4, 0.5) is 5.69 Å². The predicted molar refractivity (Wildman–Crippen MR) is 130 cm³/mol. The van der Waals surface area contributed by atoms with Crippen LogP contribution in [0, 0.1) is 0 Å². The zero-order valence-electron chi connectivity index (χ0n) is 17.9. The molecule has 29 heavy (non-hydrogen) atoms. The highest BCUT2D eigenvalue weighted by molar-refractivity contribution is 14.0. The van der Waals surface area contributed by atoms with Gasteiger partial charge in [0.1, 0.15) is 0 Å². The lowest BCUT2D eigenvalue weighted by Gasteiger charge is -2.32. The number of rotatable bonds is 9. The normalized spacial score (nSPS) is 15.9. The van der Waals surface area contributed by atoms with Crippen LogP contribution in [0.1, 0.15) is 39.2 Å². The van der Waals surface area contributed by atoms with E-state index in [1.165, 1.54) is 0 Å². The van der Waals surface area contributed by atoms with Gasteiger partial charge in [0.15, 0.2) is 5.96 Å². The average molecular weight is 517 g/mol. The number of ether oxygens (including phenoxy) is 1. The molecule has 0 radical (unpaired) electrons. The Kier molecular flexibility index (Phi) is 12.9. The number of guanidine groups is 1. The fourth-order valence-electron chi connectivity index (χ4n) is 3.10. The smallest absolute Gasteiger partial charge is 0.224 e. The molecule has 0 aliphatic carbocycles. The number of nitrogens with one attached hydrogen (secondary N) is 3. The number of anilines is 1. The molecular formula is C21H36IN5O2. The van der Waals surface area contributed by atoms with Crippen molar-refractivity contribution in [3.05, 3.63) is 29.8 Å². The highest BCUT2D eigenvalue weighted by Gasteiger charge is 2.17. The van der Waals surface area contributed by atoms with Gasteiger partial charge in [-0.1, -0.05) is 19.1 Å². The predicted octanol–water partition coefficient (Wildman–Crippen LogP) is 2.82. The summed E-state index contributed by atoms with van der Waals surface area (Å²) in [6.45, 7) is 12.1. The Morgan fingerprint density at radius 3 is 2.69 bits per heavy atom. The van der Waals surface area contributed by atoms with Crippen LogP contribution in [0.2, 0.25) is 0 Å². The first kappa shape index (κ1) is 25.6. The number of aliphatic imine (C=N–C) groups is 1. The first-order chi connectivity index (χ1) is 13.6. The number of benzene rings is 1. The highest BCUT2D eigenvalue weighted by Crippen LogP contribution is 2.12. The summed E-state index contributed by atoms with van der Waals surface area (Å²) in [4.78, 5) is 18.9. The van der Waals surface area contributed by atoms with Crippen molar-refractivity contribution in [2.45, 2.75) is 46.2 Å². The monoisotopic (exact) mass is 517 g/mol. The molecule has 1 aliphatic heterocycles. The lowest BCUT2D eigenvalue weighted by Crippen LogP contribution is -2.49. The summed E-state index contributed by atoms with van der Waals surface area (Å²) >= 11 is 0. The second kappa shape index (κ2) is 14.6. The van der Waals surface area contributed by atoms with Crippen LogP contribution in [0.3, 0.4) is 0 Å². The van der Waals surface area contributed by atoms with Crippen molar-refractivity contribution in [3.63, 3.8) is 0 Å². The largest absolute Gasteiger partial charge is 0.379 e. The number of carbonyl (C=O) groups excluding carboxylic acids is 1. The van der Waals surface area contributed by atoms with Gasteiger partial charge in [-0.05, 0) is 38.0 Å². The van der Waals surface area contributed by atoms with Crippen LogP contribution in [0.25, 0.3) is 0 Å². The summed E-state index contributed by atoms with van der Waals surface area (Å²) in [5.41, 5.74) is 1.89. The molecule has 1 fully saturated rings. The Morgan fingerprint density at radius 2 is 2.00 bits per heavy atom. The van der Waals surface area contributed by atoms with Crippen molar-refractivity contribution in [3.8, 4) is 0 Å². The number of nitrogens with zero attached hydrogens (tertiary/aromatic N) is 2. The van der Waals surface area contributed by atoms with Crippen molar-refractivity contribution in [1.82, 2.24) is 15.5 Å². The van der Waals surface area contributed by atoms with Crippen LogP contribution >= 0.6 is 24.0 Å². The average Bonchev–Trinajstić information content (AvgIpc) is 2.71. The number of hydrogen-bond acceptors (Lipinski definition) is 4. The first-order valence-electron chi connectivity index (χ1n) is 10.3. The molecule has 1 heterocycles.